The molecule has 0 aliphatic heterocycles. The van der Waals surface area contributed by atoms with Gasteiger partial charge in [0.25, 0.3) is 0 Å². The van der Waals surface area contributed by atoms with Crippen molar-refractivity contribution >= 4 is 32.4 Å². The van der Waals surface area contributed by atoms with Gasteiger partial charge in [-0.1, -0.05) is 99.2 Å². The van der Waals surface area contributed by atoms with Crippen molar-refractivity contribution in [3.63, 3.8) is 0 Å². The van der Waals surface area contributed by atoms with Crippen LogP contribution >= 0.6 is 24.8 Å². The van der Waals surface area contributed by atoms with Crippen LogP contribution in [0.4, 0.5) is 0 Å². The van der Waals surface area contributed by atoms with Crippen molar-refractivity contribution in [1.82, 2.24) is 0 Å². The van der Waals surface area contributed by atoms with E-state index in [9.17, 15) is 0 Å². The minimum absolute atomic E-state index is 0. The van der Waals surface area contributed by atoms with Crippen LogP contribution in [0.1, 0.15) is 47.9 Å². The van der Waals surface area contributed by atoms with Gasteiger partial charge in [0.05, 0.1) is 0 Å². The van der Waals surface area contributed by atoms with Crippen LogP contribution in [0.3, 0.4) is 0 Å². The molecule has 0 nitrogen and oxygen atoms in total. The number of rotatable bonds is 2. The van der Waals surface area contributed by atoms with Crippen LogP contribution in [0.2, 0.25) is 0 Å². The molecule has 194 valence electrons. The van der Waals surface area contributed by atoms with E-state index >= 15 is 0 Å². The zero-order valence-corrected chi connectivity index (χ0v) is 26.4. The quantitative estimate of drug-likeness (QED) is 0.167. The largest absolute Gasteiger partial charge is 0.173 e. The molecule has 6 rings (SSSR count). The topological polar surface area (TPSA) is 0 Å². The van der Waals surface area contributed by atoms with Gasteiger partial charge in [0.2, 0.25) is 0 Å². The summed E-state index contributed by atoms with van der Waals surface area (Å²) < 4.78 is 0. The first-order valence-corrected chi connectivity index (χ1v) is 15.9. The van der Waals surface area contributed by atoms with Crippen molar-refractivity contribution in [2.45, 2.75) is 51.4 Å². The summed E-state index contributed by atoms with van der Waals surface area (Å²) in [5.41, 5.74) is 11.9. The Labute approximate surface area is 245 Å². The molecule has 0 spiro atoms. The van der Waals surface area contributed by atoms with Crippen molar-refractivity contribution in [1.29, 1.82) is 0 Å². The number of benzene rings is 2. The summed E-state index contributed by atoms with van der Waals surface area (Å²) in [4.78, 5) is 0. The predicted molar refractivity (Wildman–Crippen MR) is 164 cm³/mol. The van der Waals surface area contributed by atoms with E-state index in [4.69, 9.17) is 0 Å². The van der Waals surface area contributed by atoms with E-state index in [2.05, 4.69) is 84.9 Å². The predicted octanol–water partition coefficient (Wildman–Crippen LogP) is 8.73. The van der Waals surface area contributed by atoms with Gasteiger partial charge in [0.1, 0.15) is 0 Å². The number of fused-ring (bicyclic) bond motifs is 2. The Balaban J connectivity index is 0.000000577. The molecule has 0 N–H and O–H groups in total. The molecular weight excluding hydrogens is 531 g/mol. The minimum Gasteiger partial charge on any atom is -0.173 e. The Hall–Kier alpha value is -1.35. The average molecular weight is 572 g/mol. The fourth-order valence-corrected chi connectivity index (χ4v) is 4.99. The molecule has 0 atom stereocenters. The molecule has 36 heavy (non-hydrogen) atoms. The van der Waals surface area contributed by atoms with Crippen LogP contribution in [0.25, 0.3) is 22.3 Å². The van der Waals surface area contributed by atoms with Crippen LogP contribution in [-0.4, -0.2) is 7.63 Å². The zero-order valence-electron chi connectivity index (χ0n) is 21.8. The molecule has 4 heteroatoms. The van der Waals surface area contributed by atoms with Gasteiger partial charge >= 0.3 is 26.8 Å². The van der Waals surface area contributed by atoms with E-state index < -0.39 is 0 Å². The zero-order chi connectivity index (χ0) is 22.2. The molecule has 0 fully saturated rings. The van der Waals surface area contributed by atoms with Gasteiger partial charge < -0.3 is 14.9 Å². The number of hydrogen-bond donors (Lipinski definition) is 0. The van der Waals surface area contributed by atoms with E-state index in [1.54, 1.807) is 22.3 Å². The van der Waals surface area contributed by atoms with Crippen LogP contribution in [0, 0.1) is 14.9 Å². The fraction of sp³-hybridized carbons (Fsp3) is 0.250. The van der Waals surface area contributed by atoms with Gasteiger partial charge in [0, 0.05) is 0 Å². The van der Waals surface area contributed by atoms with E-state index in [0.29, 0.717) is 0 Å². The van der Waals surface area contributed by atoms with Crippen molar-refractivity contribution in [3.8, 4) is 22.3 Å². The van der Waals surface area contributed by atoms with Gasteiger partial charge in [0.15, 0.2) is 0 Å². The first kappa shape index (κ1) is 34.7. The summed E-state index contributed by atoms with van der Waals surface area (Å²) in [5, 5.41) is 0. The SMILES string of the molecule is Cl.Cl.[CH3-].[CH3-].[SiH2]=[Ti].c1ccc(-c2cc3c([cH-]2)CCCC3)cc1.c1ccc(-c2cc3c([cH-]2)CCCC3)cc1. The van der Waals surface area contributed by atoms with Crippen LogP contribution in [0.15, 0.2) is 84.9 Å². The van der Waals surface area contributed by atoms with Gasteiger partial charge in [-0.05, 0) is 12.8 Å². The maximum Gasteiger partial charge on any atom is -0.0456 e. The standard InChI is InChI=1S/2C15H15.2CH3.2ClH.H2Si.Ti/c2*1-2-6-12(7-3-1)15-10-13-8-4-5-9-14(13)11-15;;;;;;/h2*1-3,6-7,10-11H,4-5,8-9H2;2*1H3;2*1H;1H2;/q4*-1;;;;. The number of halogens is 2. The summed E-state index contributed by atoms with van der Waals surface area (Å²) in [5.74, 6) is 0. The summed E-state index contributed by atoms with van der Waals surface area (Å²) in [6.07, 6.45) is 10.6. The van der Waals surface area contributed by atoms with Gasteiger partial charge in [-0.3, -0.25) is 0 Å². The van der Waals surface area contributed by atoms with Gasteiger partial charge in [-0.2, -0.15) is 23.3 Å². The Kier molecular flexibility index (Phi) is 17.3. The summed E-state index contributed by atoms with van der Waals surface area (Å²) in [7, 11) is 1.86. The monoisotopic (exact) mass is 570 g/mol. The fourth-order valence-electron chi connectivity index (χ4n) is 4.99. The molecule has 0 aromatic heterocycles. The Morgan fingerprint density at radius 3 is 1.19 bits per heavy atom. The van der Waals surface area contributed by atoms with Crippen molar-refractivity contribution in [2.24, 2.45) is 0 Å². The maximum absolute atomic E-state index is 2.38. The van der Waals surface area contributed by atoms with Gasteiger partial charge in [-0.15, -0.1) is 70.3 Å². The number of hydrogen-bond acceptors (Lipinski definition) is 0. The van der Waals surface area contributed by atoms with Crippen LogP contribution < -0.4 is 0 Å². The summed E-state index contributed by atoms with van der Waals surface area (Å²) >= 11 is 2.03. The third-order valence-electron chi connectivity index (χ3n) is 6.64. The molecule has 4 aromatic rings. The Morgan fingerprint density at radius 1 is 0.528 bits per heavy atom. The first-order valence-electron chi connectivity index (χ1n) is 11.9. The van der Waals surface area contributed by atoms with Crippen molar-refractivity contribution < 1.29 is 19.2 Å². The normalized spacial score (nSPS) is 12.5. The van der Waals surface area contributed by atoms with Crippen molar-refractivity contribution in [3.05, 3.63) is 122 Å². The van der Waals surface area contributed by atoms with E-state index in [1.165, 1.54) is 73.6 Å². The first-order chi connectivity index (χ1) is 15.9. The molecule has 2 aliphatic rings. The third kappa shape index (κ3) is 8.89. The smallest absolute Gasteiger partial charge is 0.0456 e. The van der Waals surface area contributed by atoms with Crippen molar-refractivity contribution in [2.75, 3.05) is 0 Å². The Morgan fingerprint density at radius 2 is 0.861 bits per heavy atom. The average Bonchev–Trinajstić information content (AvgIpc) is 3.51. The second-order valence-corrected chi connectivity index (χ2v) is 8.74. The summed E-state index contributed by atoms with van der Waals surface area (Å²) in [6, 6.07) is 30.9. The Bertz CT molecular complexity index is 979. The minimum atomic E-state index is 0. The molecule has 0 saturated carbocycles. The van der Waals surface area contributed by atoms with E-state index in [0.717, 1.165) is 0 Å². The maximum atomic E-state index is 2.38. The summed E-state index contributed by atoms with van der Waals surface area (Å²) in [6.45, 7) is 0. The molecule has 0 unspecified atom stereocenters. The molecule has 0 amide bonds. The molecule has 2 aliphatic carbocycles. The second-order valence-electron chi connectivity index (χ2n) is 8.74. The van der Waals surface area contributed by atoms with E-state index in [-0.39, 0.29) is 39.7 Å². The number of aryl methyl sites for hydroxylation is 4. The molecular formula is C32H40Cl2SiTi-4. The molecule has 0 bridgehead atoms. The molecule has 0 saturated heterocycles. The van der Waals surface area contributed by atoms with Gasteiger partial charge in [-0.25, -0.2) is 0 Å². The van der Waals surface area contributed by atoms with Crippen LogP contribution in [-0.2, 0) is 44.9 Å². The third-order valence-corrected chi connectivity index (χ3v) is 6.64. The second kappa shape index (κ2) is 18.0. The molecule has 0 heterocycles. The molecule has 4 aromatic carbocycles. The molecule has 0 radical (unpaired) electrons. The van der Waals surface area contributed by atoms with Crippen LogP contribution in [0.5, 0.6) is 0 Å². The van der Waals surface area contributed by atoms with E-state index in [1.807, 2.05) is 26.8 Å².